The van der Waals surface area contributed by atoms with Crippen LogP contribution in [-0.2, 0) is 4.12 Å². The van der Waals surface area contributed by atoms with Crippen molar-refractivity contribution in [3.05, 3.63) is 0 Å². The zero-order valence-electron chi connectivity index (χ0n) is 5.98. The minimum absolute atomic E-state index is 0. The first kappa shape index (κ1) is 25.0. The molecule has 0 aliphatic carbocycles. The third-order valence-corrected chi connectivity index (χ3v) is 2.25. The number of rotatable bonds is 2. The quantitative estimate of drug-likeness (QED) is 0.458. The van der Waals surface area contributed by atoms with Crippen molar-refractivity contribution in [3.63, 3.8) is 0 Å². The van der Waals surface area contributed by atoms with Gasteiger partial charge >= 0.3 is 113 Å². The molecule has 0 saturated heterocycles. The van der Waals surface area contributed by atoms with Gasteiger partial charge in [-0.25, -0.2) is 0 Å². The fourth-order valence-electron chi connectivity index (χ4n) is 0.153. The Bertz CT molecular complexity index is 81.8. The van der Waals surface area contributed by atoms with Crippen molar-refractivity contribution in [2.24, 2.45) is 0 Å². The van der Waals surface area contributed by atoms with Gasteiger partial charge in [0.25, 0.3) is 0 Å². The second kappa shape index (κ2) is 10.1. The second-order valence-electron chi connectivity index (χ2n) is 1.10. The Morgan fingerprint density at radius 2 is 0.750 bits per heavy atom. The Balaban J connectivity index is -0.000000107. The van der Waals surface area contributed by atoms with Crippen LogP contribution in [0.15, 0.2) is 0 Å². The first-order valence-electron chi connectivity index (χ1n) is 1.63. The monoisotopic (exact) mass is 288 g/mol. The molecule has 0 amide bonds. The molecule has 0 radical (unpaired) electrons. The van der Waals surface area contributed by atoms with E-state index in [-0.39, 0.29) is 113 Å². The van der Waals surface area contributed by atoms with Crippen LogP contribution in [0.4, 0.5) is 0 Å². The zero-order valence-corrected chi connectivity index (χ0v) is 14.6. The average Bonchev–Trinajstić information content (AvgIpc) is 1.14. The summed E-state index contributed by atoms with van der Waals surface area (Å²) in [6.45, 7) is 0. The summed E-state index contributed by atoms with van der Waals surface area (Å²) in [7, 11) is -11.8. The van der Waals surface area contributed by atoms with E-state index in [0.717, 1.165) is 0 Å². The van der Waals surface area contributed by atoms with Crippen LogP contribution in [0.3, 0.4) is 0 Å². The smallest absolute Gasteiger partial charge is 0.862 e. The van der Waals surface area contributed by atoms with E-state index in [1.54, 1.807) is 0 Å². The van der Waals surface area contributed by atoms with Gasteiger partial charge in [-0.05, 0) is 0 Å². The van der Waals surface area contributed by atoms with Gasteiger partial charge < -0.3 is 32.9 Å². The summed E-state index contributed by atoms with van der Waals surface area (Å²) in [6.07, 6.45) is 0. The van der Waals surface area contributed by atoms with Crippen molar-refractivity contribution < 1.29 is 32.9 Å². The molecule has 0 atom stereocenters. The molecular weight excluding hydrogens is 288 g/mol. The van der Waals surface area contributed by atoms with E-state index in [2.05, 4.69) is 4.12 Å². The Hall–Kier alpha value is 3.93. The van der Waals surface area contributed by atoms with Gasteiger partial charge in [0.2, 0.25) is 0 Å². The molecule has 0 unspecified atom stereocenters. The molecule has 0 spiro atoms. The van der Waals surface area contributed by atoms with Crippen molar-refractivity contribution in [2.45, 2.75) is 0 Å². The summed E-state index contributed by atoms with van der Waals surface area (Å²) in [5.74, 6) is 0. The average molecular weight is 288 g/mol. The molecule has 0 rings (SSSR count). The maximum Gasteiger partial charge on any atom is 2.00 e. The fraction of sp³-hybridized carbons (Fsp3) is 0. The van der Waals surface area contributed by atoms with Gasteiger partial charge in [0.1, 0.15) is 0 Å². The van der Waals surface area contributed by atoms with Crippen molar-refractivity contribution in [1.82, 2.24) is 0 Å². The molecular formula is Ca3O7Si2. The SMILES string of the molecule is [Ca+2].[Ca+2].[Ca+2].[O-][Si]([O-])([O-])O[Si]([O-])([O-])[O-]. The predicted molar refractivity (Wildman–Crippen MR) is 29.9 cm³/mol. The normalized spacial score (nSPS) is 10.5. The summed E-state index contributed by atoms with van der Waals surface area (Å²) >= 11 is 0. The third kappa shape index (κ3) is 23.6. The van der Waals surface area contributed by atoms with Gasteiger partial charge in [0.15, 0.2) is 0 Å². The third-order valence-electron chi connectivity index (χ3n) is 0.250. The van der Waals surface area contributed by atoms with Gasteiger partial charge in [-0.3, -0.25) is 0 Å². The van der Waals surface area contributed by atoms with Gasteiger partial charge in [-0.2, -0.15) is 0 Å². The predicted octanol–water partition coefficient (Wildman–Crippen LogP) is -9.11. The topological polar surface area (TPSA) is 148 Å². The van der Waals surface area contributed by atoms with Gasteiger partial charge in [-0.15, -0.1) is 18.1 Å². The molecule has 0 aliphatic rings. The first-order valence-corrected chi connectivity index (χ1v) is 4.90. The maximum atomic E-state index is 9.36. The van der Waals surface area contributed by atoms with Crippen molar-refractivity contribution in [2.75, 3.05) is 0 Å². The van der Waals surface area contributed by atoms with Crippen LogP contribution in [0.1, 0.15) is 0 Å². The second-order valence-corrected chi connectivity index (χ2v) is 3.92. The van der Waals surface area contributed by atoms with E-state index in [4.69, 9.17) is 0 Å². The van der Waals surface area contributed by atoms with Gasteiger partial charge in [-0.1, -0.05) is 0 Å². The van der Waals surface area contributed by atoms with E-state index in [1.807, 2.05) is 0 Å². The van der Waals surface area contributed by atoms with Crippen LogP contribution in [0.2, 0.25) is 0 Å². The molecule has 0 N–H and O–H groups in total. The molecule has 12 heteroatoms. The summed E-state index contributed by atoms with van der Waals surface area (Å²) in [4.78, 5) is 56.2. The molecule has 0 heterocycles. The van der Waals surface area contributed by atoms with E-state index < -0.39 is 18.1 Å². The van der Waals surface area contributed by atoms with Crippen LogP contribution in [0.5, 0.6) is 0 Å². The molecule has 7 nitrogen and oxygen atoms in total. The van der Waals surface area contributed by atoms with Crippen molar-refractivity contribution >= 4 is 131 Å². The molecule has 12 heavy (non-hydrogen) atoms. The Labute approximate surface area is 160 Å². The Morgan fingerprint density at radius 3 is 0.750 bits per heavy atom. The van der Waals surface area contributed by atoms with Gasteiger partial charge in [0, 0.05) is 0 Å². The molecule has 0 aliphatic heterocycles. The minimum Gasteiger partial charge on any atom is -0.862 e. The molecule has 0 saturated carbocycles. The molecule has 0 aromatic rings. The van der Waals surface area contributed by atoms with E-state index in [1.165, 1.54) is 0 Å². The summed E-state index contributed by atoms with van der Waals surface area (Å²) in [5.41, 5.74) is 0. The molecule has 56 valence electrons. The molecule has 0 bridgehead atoms. The standard InChI is InChI=1S/3Ca.O7Si2/c;;;1-8(2,3)7-9(4,5)6/q3*+2;-6. The van der Waals surface area contributed by atoms with Crippen molar-refractivity contribution in [1.29, 1.82) is 0 Å². The number of hydrogen-bond acceptors (Lipinski definition) is 7. The minimum atomic E-state index is -5.92. The van der Waals surface area contributed by atoms with E-state index in [9.17, 15) is 28.8 Å². The van der Waals surface area contributed by atoms with Crippen LogP contribution in [0.25, 0.3) is 0 Å². The summed E-state index contributed by atoms with van der Waals surface area (Å²) < 4.78 is 2.57. The first-order chi connectivity index (χ1) is 3.71. The van der Waals surface area contributed by atoms with Crippen LogP contribution in [-0.4, -0.2) is 131 Å². The summed E-state index contributed by atoms with van der Waals surface area (Å²) in [6, 6.07) is 0. The molecule has 0 fully saturated rings. The Kier molecular flexibility index (Phi) is 21.0. The fourth-order valence-corrected chi connectivity index (χ4v) is 1.38. The molecule has 0 aromatic carbocycles. The zero-order chi connectivity index (χ0) is 7.71. The van der Waals surface area contributed by atoms with E-state index >= 15 is 0 Å². The van der Waals surface area contributed by atoms with E-state index in [0.29, 0.717) is 0 Å². The van der Waals surface area contributed by atoms with Crippen LogP contribution < -0.4 is 28.8 Å². The molecule has 0 aromatic heterocycles. The van der Waals surface area contributed by atoms with Crippen LogP contribution >= 0.6 is 0 Å². The number of hydrogen-bond donors (Lipinski definition) is 0. The maximum absolute atomic E-state index is 9.36. The van der Waals surface area contributed by atoms with Gasteiger partial charge in [0.05, 0.1) is 0 Å². The summed E-state index contributed by atoms with van der Waals surface area (Å²) in [5, 5.41) is 0. The van der Waals surface area contributed by atoms with Crippen LogP contribution in [0, 0.1) is 0 Å². The largest absolute Gasteiger partial charge is 2.00 e. The Morgan fingerprint density at radius 1 is 0.583 bits per heavy atom. The van der Waals surface area contributed by atoms with Crippen molar-refractivity contribution in [3.8, 4) is 0 Å².